The second kappa shape index (κ2) is 5.83. The predicted molar refractivity (Wildman–Crippen MR) is 62.0 cm³/mol. The molecular formula is C12H25NO2. The molecule has 1 rings (SSSR count). The molecule has 1 unspecified atom stereocenters. The molecule has 1 aliphatic heterocycles. The Morgan fingerprint density at radius 2 is 2.20 bits per heavy atom. The van der Waals surface area contributed by atoms with E-state index in [1.165, 1.54) is 6.42 Å². The molecule has 1 aliphatic rings. The number of nitrogens with zero attached hydrogens (tertiary/aromatic N) is 1. The molecule has 1 saturated heterocycles. The minimum Gasteiger partial charge on any atom is -0.396 e. The smallest absolute Gasteiger partial charge is 0.0557 e. The van der Waals surface area contributed by atoms with Gasteiger partial charge < -0.3 is 14.7 Å². The highest BCUT2D eigenvalue weighted by atomic mass is 16.5. The fraction of sp³-hybridized carbons (Fsp3) is 1.00. The summed E-state index contributed by atoms with van der Waals surface area (Å²) in [7, 11) is 0. The Morgan fingerprint density at radius 3 is 2.60 bits per heavy atom. The summed E-state index contributed by atoms with van der Waals surface area (Å²) in [4.78, 5) is 2.45. The molecule has 0 aromatic heterocycles. The molecule has 3 heteroatoms. The summed E-state index contributed by atoms with van der Waals surface area (Å²) in [6.07, 6.45) is 2.16. The third-order valence-electron chi connectivity index (χ3n) is 3.30. The van der Waals surface area contributed by atoms with Gasteiger partial charge in [-0.25, -0.2) is 0 Å². The topological polar surface area (TPSA) is 32.7 Å². The molecule has 1 N–H and O–H groups in total. The first-order valence-electron chi connectivity index (χ1n) is 6.06. The zero-order valence-corrected chi connectivity index (χ0v) is 10.3. The van der Waals surface area contributed by atoms with E-state index in [-0.39, 0.29) is 12.0 Å². The van der Waals surface area contributed by atoms with Crippen molar-refractivity contribution >= 4 is 0 Å². The summed E-state index contributed by atoms with van der Waals surface area (Å²) in [6, 6.07) is 0.550. The first-order chi connectivity index (χ1) is 7.13. The number of aliphatic hydroxyl groups is 1. The number of ether oxygens (including phenoxy) is 1. The van der Waals surface area contributed by atoms with Gasteiger partial charge in [0.05, 0.1) is 13.2 Å². The van der Waals surface area contributed by atoms with Gasteiger partial charge in [0.15, 0.2) is 0 Å². The second-order valence-electron chi connectivity index (χ2n) is 5.02. The van der Waals surface area contributed by atoms with Gasteiger partial charge in [-0.2, -0.15) is 0 Å². The summed E-state index contributed by atoms with van der Waals surface area (Å²) in [5.74, 6) is 0. The lowest BCUT2D eigenvalue weighted by Gasteiger charge is -2.35. The molecule has 0 spiro atoms. The van der Waals surface area contributed by atoms with Crippen LogP contribution in [0.5, 0.6) is 0 Å². The Bertz CT molecular complexity index is 176. The van der Waals surface area contributed by atoms with Crippen molar-refractivity contribution in [3.8, 4) is 0 Å². The SMILES string of the molecule is CCCN(CC1(CO)CCOC1)C(C)C. The molecule has 1 heterocycles. The van der Waals surface area contributed by atoms with Crippen LogP contribution in [0.4, 0.5) is 0 Å². The quantitative estimate of drug-likeness (QED) is 0.729. The van der Waals surface area contributed by atoms with E-state index in [4.69, 9.17) is 4.74 Å². The van der Waals surface area contributed by atoms with Crippen molar-refractivity contribution in [3.05, 3.63) is 0 Å². The normalized spacial score (nSPS) is 26.8. The van der Waals surface area contributed by atoms with Crippen molar-refractivity contribution in [3.63, 3.8) is 0 Å². The fourth-order valence-corrected chi connectivity index (χ4v) is 2.19. The molecule has 1 fully saturated rings. The van der Waals surface area contributed by atoms with Crippen LogP contribution in [0.3, 0.4) is 0 Å². The summed E-state index contributed by atoms with van der Waals surface area (Å²) in [5.41, 5.74) is -0.000556. The maximum atomic E-state index is 9.51. The van der Waals surface area contributed by atoms with Crippen molar-refractivity contribution < 1.29 is 9.84 Å². The molecule has 0 bridgehead atoms. The van der Waals surface area contributed by atoms with Gasteiger partial charge in [0.2, 0.25) is 0 Å². The van der Waals surface area contributed by atoms with Crippen LogP contribution in [0.1, 0.15) is 33.6 Å². The van der Waals surface area contributed by atoms with Gasteiger partial charge in [-0.3, -0.25) is 0 Å². The van der Waals surface area contributed by atoms with E-state index in [9.17, 15) is 5.11 Å². The van der Waals surface area contributed by atoms with Crippen molar-refractivity contribution in [1.29, 1.82) is 0 Å². The molecule has 0 radical (unpaired) electrons. The van der Waals surface area contributed by atoms with Gasteiger partial charge >= 0.3 is 0 Å². The van der Waals surface area contributed by atoms with Gasteiger partial charge in [0, 0.05) is 24.6 Å². The Labute approximate surface area is 93.4 Å². The van der Waals surface area contributed by atoms with E-state index in [2.05, 4.69) is 25.7 Å². The molecule has 1 atom stereocenters. The highest BCUT2D eigenvalue weighted by molar-refractivity contribution is 4.86. The maximum absolute atomic E-state index is 9.51. The summed E-state index contributed by atoms with van der Waals surface area (Å²) >= 11 is 0. The molecule has 15 heavy (non-hydrogen) atoms. The first kappa shape index (κ1) is 12.9. The molecule has 0 saturated carbocycles. The molecular weight excluding hydrogens is 190 g/mol. The van der Waals surface area contributed by atoms with Gasteiger partial charge in [0.1, 0.15) is 0 Å². The highest BCUT2D eigenvalue weighted by Gasteiger charge is 2.36. The molecule has 0 aromatic rings. The van der Waals surface area contributed by atoms with E-state index in [0.29, 0.717) is 6.04 Å². The molecule has 0 aromatic carbocycles. The minimum atomic E-state index is -0.000556. The predicted octanol–water partition coefficient (Wildman–Crippen LogP) is 1.51. The van der Waals surface area contributed by atoms with Crippen LogP contribution in [0.25, 0.3) is 0 Å². The number of hydrogen-bond acceptors (Lipinski definition) is 3. The van der Waals surface area contributed by atoms with E-state index in [0.717, 1.165) is 32.7 Å². The van der Waals surface area contributed by atoms with E-state index < -0.39 is 0 Å². The first-order valence-corrected chi connectivity index (χ1v) is 6.06. The van der Waals surface area contributed by atoms with Crippen LogP contribution in [-0.4, -0.2) is 49.0 Å². The van der Waals surface area contributed by atoms with Crippen molar-refractivity contribution in [2.75, 3.05) is 32.9 Å². The average Bonchev–Trinajstić information content (AvgIpc) is 2.66. The van der Waals surface area contributed by atoms with Crippen LogP contribution in [0.2, 0.25) is 0 Å². The monoisotopic (exact) mass is 215 g/mol. The zero-order valence-electron chi connectivity index (χ0n) is 10.3. The van der Waals surface area contributed by atoms with E-state index >= 15 is 0 Å². The number of rotatable bonds is 6. The number of aliphatic hydroxyl groups excluding tert-OH is 1. The molecule has 3 nitrogen and oxygen atoms in total. The highest BCUT2D eigenvalue weighted by Crippen LogP contribution is 2.29. The van der Waals surface area contributed by atoms with Crippen molar-refractivity contribution in [1.82, 2.24) is 4.90 Å². The fourth-order valence-electron chi connectivity index (χ4n) is 2.19. The lowest BCUT2D eigenvalue weighted by Crippen LogP contribution is -2.44. The standard InChI is InChI=1S/C12H25NO2/c1-4-6-13(11(2)3)8-12(9-14)5-7-15-10-12/h11,14H,4-10H2,1-3H3. The van der Waals surface area contributed by atoms with Crippen molar-refractivity contribution in [2.24, 2.45) is 5.41 Å². The zero-order chi connectivity index (χ0) is 11.3. The molecule has 0 amide bonds. The van der Waals surface area contributed by atoms with Crippen LogP contribution in [0, 0.1) is 5.41 Å². The molecule has 90 valence electrons. The Kier molecular flexibility index (Phi) is 5.03. The van der Waals surface area contributed by atoms with Crippen LogP contribution in [-0.2, 0) is 4.74 Å². The lowest BCUT2D eigenvalue weighted by atomic mass is 9.87. The lowest BCUT2D eigenvalue weighted by molar-refractivity contribution is 0.0464. The maximum Gasteiger partial charge on any atom is 0.0557 e. The summed E-state index contributed by atoms with van der Waals surface area (Å²) < 4.78 is 5.42. The Hall–Kier alpha value is -0.120. The van der Waals surface area contributed by atoms with Gasteiger partial charge in [-0.15, -0.1) is 0 Å². The van der Waals surface area contributed by atoms with E-state index in [1.807, 2.05) is 0 Å². The Balaban J connectivity index is 2.54. The van der Waals surface area contributed by atoms with Crippen LogP contribution in [0.15, 0.2) is 0 Å². The van der Waals surface area contributed by atoms with Crippen LogP contribution >= 0.6 is 0 Å². The van der Waals surface area contributed by atoms with Crippen molar-refractivity contribution in [2.45, 2.75) is 39.7 Å². The largest absolute Gasteiger partial charge is 0.396 e. The van der Waals surface area contributed by atoms with Gasteiger partial charge in [-0.1, -0.05) is 6.92 Å². The summed E-state index contributed by atoms with van der Waals surface area (Å²) in [5, 5.41) is 9.51. The average molecular weight is 215 g/mol. The van der Waals surface area contributed by atoms with Crippen LogP contribution < -0.4 is 0 Å². The second-order valence-corrected chi connectivity index (χ2v) is 5.02. The van der Waals surface area contributed by atoms with Gasteiger partial charge in [-0.05, 0) is 33.2 Å². The third kappa shape index (κ3) is 3.44. The Morgan fingerprint density at radius 1 is 1.47 bits per heavy atom. The van der Waals surface area contributed by atoms with E-state index in [1.54, 1.807) is 0 Å². The number of hydrogen-bond donors (Lipinski definition) is 1. The summed E-state index contributed by atoms with van der Waals surface area (Å²) in [6.45, 7) is 10.5. The third-order valence-corrected chi connectivity index (χ3v) is 3.30. The van der Waals surface area contributed by atoms with Gasteiger partial charge in [0.25, 0.3) is 0 Å². The minimum absolute atomic E-state index is 0.000556. The molecule has 0 aliphatic carbocycles.